The lowest BCUT2D eigenvalue weighted by atomic mass is 10.0. The van der Waals surface area contributed by atoms with E-state index in [2.05, 4.69) is 11.0 Å². The number of rotatable bonds is 6. The van der Waals surface area contributed by atoms with Crippen LogP contribution in [-0.4, -0.2) is 56.1 Å². The van der Waals surface area contributed by atoms with E-state index in [-0.39, 0.29) is 11.9 Å². The van der Waals surface area contributed by atoms with Gasteiger partial charge in [0.15, 0.2) is 0 Å². The number of hydrogen-bond donors (Lipinski definition) is 0. The highest BCUT2D eigenvalue weighted by Gasteiger charge is 2.27. The van der Waals surface area contributed by atoms with Gasteiger partial charge in [-0.2, -0.15) is 5.26 Å². The second-order valence-electron chi connectivity index (χ2n) is 6.75. The van der Waals surface area contributed by atoms with E-state index in [9.17, 15) is 10.1 Å². The van der Waals surface area contributed by atoms with Crippen molar-refractivity contribution in [3.8, 4) is 17.6 Å². The lowest BCUT2D eigenvalue weighted by Crippen LogP contribution is -2.49. The molecule has 0 aromatic heterocycles. The Morgan fingerprint density at radius 3 is 2.32 bits per heavy atom. The van der Waals surface area contributed by atoms with E-state index in [4.69, 9.17) is 9.47 Å². The number of ether oxygens (including phenoxy) is 2. The van der Waals surface area contributed by atoms with Crippen molar-refractivity contribution in [1.29, 1.82) is 5.26 Å². The van der Waals surface area contributed by atoms with Gasteiger partial charge in [0.1, 0.15) is 17.5 Å². The number of carbonyl (C=O) groups excluding carboxylic acids is 1. The van der Waals surface area contributed by atoms with E-state index in [1.807, 2.05) is 53.4 Å². The smallest absolute Gasteiger partial charge is 0.227 e. The SMILES string of the molecule is COc1ccc(CC(=O)N2CCN(C(C#N)c3cccc(OC)c3)CC2)cc1. The number of amides is 1. The molecule has 1 aliphatic rings. The van der Waals surface area contributed by atoms with E-state index in [1.165, 1.54) is 0 Å². The molecule has 0 spiro atoms. The predicted molar refractivity (Wildman–Crippen MR) is 106 cm³/mol. The van der Waals surface area contributed by atoms with E-state index >= 15 is 0 Å². The minimum absolute atomic E-state index is 0.111. The highest BCUT2D eigenvalue weighted by molar-refractivity contribution is 5.79. The third kappa shape index (κ3) is 4.62. The van der Waals surface area contributed by atoms with E-state index in [0.717, 1.165) is 22.6 Å². The molecule has 146 valence electrons. The molecule has 2 aromatic rings. The summed E-state index contributed by atoms with van der Waals surface area (Å²) >= 11 is 0. The molecular formula is C22H25N3O3. The highest BCUT2D eigenvalue weighted by atomic mass is 16.5. The summed E-state index contributed by atoms with van der Waals surface area (Å²) in [5.74, 6) is 1.63. The Morgan fingerprint density at radius 2 is 1.71 bits per heavy atom. The summed E-state index contributed by atoms with van der Waals surface area (Å²) < 4.78 is 10.4. The van der Waals surface area contributed by atoms with Gasteiger partial charge in [-0.15, -0.1) is 0 Å². The zero-order chi connectivity index (χ0) is 19.9. The van der Waals surface area contributed by atoms with Crippen LogP contribution in [0.5, 0.6) is 11.5 Å². The number of benzene rings is 2. The normalized spacial score (nSPS) is 15.5. The summed E-state index contributed by atoms with van der Waals surface area (Å²) in [4.78, 5) is 16.6. The van der Waals surface area contributed by atoms with Crippen LogP contribution in [0.4, 0.5) is 0 Å². The van der Waals surface area contributed by atoms with Crippen molar-refractivity contribution < 1.29 is 14.3 Å². The summed E-state index contributed by atoms with van der Waals surface area (Å²) in [6.07, 6.45) is 0.377. The first-order valence-corrected chi connectivity index (χ1v) is 9.33. The molecule has 1 unspecified atom stereocenters. The number of nitrogens with zero attached hydrogens (tertiary/aromatic N) is 3. The van der Waals surface area contributed by atoms with Crippen LogP contribution in [0.3, 0.4) is 0 Å². The maximum absolute atomic E-state index is 12.6. The maximum Gasteiger partial charge on any atom is 0.227 e. The average molecular weight is 379 g/mol. The summed E-state index contributed by atoms with van der Waals surface area (Å²) in [7, 11) is 3.24. The van der Waals surface area contributed by atoms with Crippen molar-refractivity contribution in [2.75, 3.05) is 40.4 Å². The molecule has 0 aliphatic carbocycles. The quantitative estimate of drug-likeness (QED) is 0.772. The molecule has 6 nitrogen and oxygen atoms in total. The Hall–Kier alpha value is -3.04. The average Bonchev–Trinajstić information content (AvgIpc) is 2.75. The molecule has 1 atom stereocenters. The van der Waals surface area contributed by atoms with Crippen LogP contribution in [0.2, 0.25) is 0 Å². The first-order valence-electron chi connectivity index (χ1n) is 9.33. The molecule has 0 radical (unpaired) electrons. The van der Waals surface area contributed by atoms with Crippen molar-refractivity contribution in [3.05, 3.63) is 59.7 Å². The van der Waals surface area contributed by atoms with Crippen LogP contribution in [0, 0.1) is 11.3 Å². The summed E-state index contributed by atoms with van der Waals surface area (Å²) in [6.45, 7) is 2.59. The molecule has 28 heavy (non-hydrogen) atoms. The fourth-order valence-electron chi connectivity index (χ4n) is 3.44. The standard InChI is InChI=1S/C22H25N3O3/c1-27-19-8-6-17(7-9-19)14-22(26)25-12-10-24(11-13-25)21(16-23)18-4-3-5-20(15-18)28-2/h3-9,15,21H,10-14H2,1-2H3. The number of hydrogen-bond acceptors (Lipinski definition) is 5. The van der Waals surface area contributed by atoms with Crippen molar-refractivity contribution in [1.82, 2.24) is 9.80 Å². The molecule has 1 heterocycles. The van der Waals surface area contributed by atoms with Crippen molar-refractivity contribution in [2.45, 2.75) is 12.5 Å². The lowest BCUT2D eigenvalue weighted by Gasteiger charge is -2.37. The fraction of sp³-hybridized carbons (Fsp3) is 0.364. The molecule has 1 aliphatic heterocycles. The van der Waals surface area contributed by atoms with E-state index in [0.29, 0.717) is 32.6 Å². The lowest BCUT2D eigenvalue weighted by molar-refractivity contribution is -0.132. The second kappa shape index (κ2) is 9.25. The van der Waals surface area contributed by atoms with Crippen molar-refractivity contribution in [3.63, 3.8) is 0 Å². The monoisotopic (exact) mass is 379 g/mol. The molecule has 6 heteroatoms. The Kier molecular flexibility index (Phi) is 6.51. The van der Waals surface area contributed by atoms with Crippen LogP contribution in [0.25, 0.3) is 0 Å². The van der Waals surface area contributed by atoms with Crippen LogP contribution >= 0.6 is 0 Å². The molecular weight excluding hydrogens is 354 g/mol. The van der Waals surface area contributed by atoms with E-state index in [1.54, 1.807) is 14.2 Å². The molecule has 1 fully saturated rings. The molecule has 2 aromatic carbocycles. The molecule has 1 amide bonds. The van der Waals surface area contributed by atoms with Crippen LogP contribution in [0.15, 0.2) is 48.5 Å². The zero-order valence-corrected chi connectivity index (χ0v) is 16.3. The number of nitriles is 1. The van der Waals surface area contributed by atoms with Crippen LogP contribution in [0.1, 0.15) is 17.2 Å². The van der Waals surface area contributed by atoms with Gasteiger partial charge in [0, 0.05) is 26.2 Å². The minimum atomic E-state index is -0.339. The van der Waals surface area contributed by atoms with Gasteiger partial charge in [-0.25, -0.2) is 0 Å². The van der Waals surface area contributed by atoms with Gasteiger partial charge in [0.2, 0.25) is 5.91 Å². The molecule has 0 N–H and O–H groups in total. The van der Waals surface area contributed by atoms with Gasteiger partial charge in [0.25, 0.3) is 0 Å². The maximum atomic E-state index is 12.6. The summed E-state index contributed by atoms with van der Waals surface area (Å²) in [5.41, 5.74) is 1.89. The predicted octanol–water partition coefficient (Wildman–Crippen LogP) is 2.66. The number of piperazine rings is 1. The fourth-order valence-corrected chi connectivity index (χ4v) is 3.44. The minimum Gasteiger partial charge on any atom is -0.497 e. The van der Waals surface area contributed by atoms with Gasteiger partial charge >= 0.3 is 0 Å². The first-order chi connectivity index (χ1) is 13.6. The zero-order valence-electron chi connectivity index (χ0n) is 16.3. The summed E-state index contributed by atoms with van der Waals surface area (Å²) in [6, 6.07) is 17.2. The molecule has 0 saturated carbocycles. The molecule has 0 bridgehead atoms. The van der Waals surface area contributed by atoms with Crippen molar-refractivity contribution in [2.24, 2.45) is 0 Å². The van der Waals surface area contributed by atoms with Crippen LogP contribution < -0.4 is 9.47 Å². The summed E-state index contributed by atoms with van der Waals surface area (Å²) in [5, 5.41) is 9.68. The van der Waals surface area contributed by atoms with Gasteiger partial charge in [-0.3, -0.25) is 9.69 Å². The Balaban J connectivity index is 1.58. The largest absolute Gasteiger partial charge is 0.497 e. The Morgan fingerprint density at radius 1 is 1.04 bits per heavy atom. The van der Waals surface area contributed by atoms with E-state index < -0.39 is 0 Å². The number of methoxy groups -OCH3 is 2. The second-order valence-corrected chi connectivity index (χ2v) is 6.75. The van der Waals surface area contributed by atoms with Crippen molar-refractivity contribution >= 4 is 5.91 Å². The van der Waals surface area contributed by atoms with Crippen LogP contribution in [-0.2, 0) is 11.2 Å². The van der Waals surface area contributed by atoms with Gasteiger partial charge in [0.05, 0.1) is 26.7 Å². The Labute approximate surface area is 165 Å². The third-order valence-corrected chi connectivity index (χ3v) is 5.08. The number of carbonyl (C=O) groups is 1. The van der Waals surface area contributed by atoms with Gasteiger partial charge in [-0.1, -0.05) is 24.3 Å². The molecule has 1 saturated heterocycles. The third-order valence-electron chi connectivity index (χ3n) is 5.08. The Bertz CT molecular complexity index is 837. The van der Waals surface area contributed by atoms with Gasteiger partial charge in [-0.05, 0) is 35.4 Å². The van der Waals surface area contributed by atoms with Gasteiger partial charge < -0.3 is 14.4 Å². The first kappa shape index (κ1) is 19.7. The topological polar surface area (TPSA) is 65.8 Å². The molecule has 3 rings (SSSR count). The highest BCUT2D eigenvalue weighted by Crippen LogP contribution is 2.25.